The van der Waals surface area contributed by atoms with Crippen LogP contribution in [-0.4, -0.2) is 27.9 Å². The van der Waals surface area contributed by atoms with Crippen LogP contribution in [0.15, 0.2) is 35.7 Å². The van der Waals surface area contributed by atoms with Crippen molar-refractivity contribution in [3.63, 3.8) is 0 Å². The highest BCUT2D eigenvalue weighted by atomic mass is 32.2. The van der Waals surface area contributed by atoms with E-state index in [-0.39, 0.29) is 17.3 Å². The molecule has 18 heavy (non-hydrogen) atoms. The van der Waals surface area contributed by atoms with Crippen LogP contribution in [0.2, 0.25) is 0 Å². The number of carbonyl (C=O) groups excluding carboxylic acids is 1. The van der Waals surface area contributed by atoms with Crippen molar-refractivity contribution in [1.82, 2.24) is 10.0 Å². The summed E-state index contributed by atoms with van der Waals surface area (Å²) in [7, 11) is -2.11. The minimum absolute atomic E-state index is 0.0635. The highest BCUT2D eigenvalue weighted by Gasteiger charge is 2.16. The molecule has 0 saturated carbocycles. The molecular weight excluding hydrogens is 252 g/mol. The van der Waals surface area contributed by atoms with E-state index in [9.17, 15) is 13.2 Å². The number of carbonyl (C=O) groups is 1. The van der Waals surface area contributed by atoms with Crippen LogP contribution in [-0.2, 0) is 10.0 Å². The van der Waals surface area contributed by atoms with Gasteiger partial charge in [0.2, 0.25) is 10.0 Å². The Balaban J connectivity index is 3.20. The normalized spacial score (nSPS) is 11.0. The van der Waals surface area contributed by atoms with Gasteiger partial charge in [0, 0.05) is 19.2 Å². The van der Waals surface area contributed by atoms with Gasteiger partial charge in [-0.25, -0.2) is 13.1 Å². The maximum atomic E-state index is 11.9. The molecule has 0 aliphatic heterocycles. The molecule has 1 rings (SSSR count). The van der Waals surface area contributed by atoms with Crippen molar-refractivity contribution in [1.29, 1.82) is 0 Å². The van der Waals surface area contributed by atoms with Gasteiger partial charge in [0.05, 0.1) is 4.90 Å². The molecule has 6 heteroatoms. The van der Waals surface area contributed by atoms with E-state index in [4.69, 9.17) is 0 Å². The van der Waals surface area contributed by atoms with Gasteiger partial charge in [-0.15, -0.1) is 6.58 Å². The predicted octanol–water partition coefficient (Wildman–Crippen LogP) is 0.819. The van der Waals surface area contributed by atoms with Gasteiger partial charge in [-0.2, -0.15) is 0 Å². The van der Waals surface area contributed by atoms with E-state index in [1.807, 2.05) is 0 Å². The van der Waals surface area contributed by atoms with Crippen LogP contribution in [0.1, 0.15) is 15.9 Å². The van der Waals surface area contributed by atoms with Crippen molar-refractivity contribution < 1.29 is 13.2 Å². The van der Waals surface area contributed by atoms with Crippen LogP contribution in [0.5, 0.6) is 0 Å². The summed E-state index contributed by atoms with van der Waals surface area (Å²) in [6.07, 6.45) is 1.45. The van der Waals surface area contributed by atoms with E-state index < -0.39 is 10.0 Å². The van der Waals surface area contributed by atoms with E-state index in [0.29, 0.717) is 5.56 Å². The molecule has 0 atom stereocenters. The molecular formula is C12H16N2O3S. The zero-order chi connectivity index (χ0) is 13.8. The lowest BCUT2D eigenvalue weighted by molar-refractivity contribution is 0.0962. The average molecular weight is 268 g/mol. The van der Waals surface area contributed by atoms with Gasteiger partial charge in [0.25, 0.3) is 5.91 Å². The van der Waals surface area contributed by atoms with Crippen LogP contribution in [0.4, 0.5) is 0 Å². The second-order valence-electron chi connectivity index (χ2n) is 3.70. The minimum atomic E-state index is -3.60. The lowest BCUT2D eigenvalue weighted by Crippen LogP contribution is -2.25. The Kier molecular flexibility index (Phi) is 4.63. The Morgan fingerprint density at radius 1 is 1.44 bits per heavy atom. The van der Waals surface area contributed by atoms with Crippen molar-refractivity contribution in [2.45, 2.75) is 11.8 Å². The Hall–Kier alpha value is -1.66. The zero-order valence-electron chi connectivity index (χ0n) is 10.4. The molecule has 0 bridgehead atoms. The zero-order valence-corrected chi connectivity index (χ0v) is 11.2. The fourth-order valence-corrected chi connectivity index (χ4v) is 2.42. The number of nitrogens with one attached hydrogen (secondary N) is 2. The molecule has 0 aliphatic rings. The fourth-order valence-electron chi connectivity index (χ4n) is 1.40. The molecule has 98 valence electrons. The van der Waals surface area contributed by atoms with E-state index in [1.54, 1.807) is 13.0 Å². The molecule has 0 aliphatic carbocycles. The van der Waals surface area contributed by atoms with E-state index in [0.717, 1.165) is 5.56 Å². The SMILES string of the molecule is C=CCNS(=O)(=O)c1ccc(C)c(C(=O)NC)c1. The number of benzene rings is 1. The van der Waals surface area contributed by atoms with Gasteiger partial charge in [-0.05, 0) is 24.6 Å². The van der Waals surface area contributed by atoms with Gasteiger partial charge in [0.15, 0.2) is 0 Å². The number of aryl methyl sites for hydroxylation is 1. The van der Waals surface area contributed by atoms with Crippen molar-refractivity contribution in [3.05, 3.63) is 42.0 Å². The molecule has 5 nitrogen and oxygen atoms in total. The molecule has 0 fully saturated rings. The summed E-state index contributed by atoms with van der Waals surface area (Å²) in [6, 6.07) is 4.43. The van der Waals surface area contributed by atoms with Gasteiger partial charge in [0.1, 0.15) is 0 Å². The Labute approximate surface area is 107 Å². The van der Waals surface area contributed by atoms with E-state index >= 15 is 0 Å². The lowest BCUT2D eigenvalue weighted by atomic mass is 10.1. The molecule has 0 aromatic heterocycles. The number of hydrogen-bond donors (Lipinski definition) is 2. The first kappa shape index (κ1) is 14.4. The number of rotatable bonds is 5. The summed E-state index contributed by atoms with van der Waals surface area (Å²) >= 11 is 0. The van der Waals surface area contributed by atoms with Gasteiger partial charge >= 0.3 is 0 Å². The number of hydrogen-bond acceptors (Lipinski definition) is 3. The van der Waals surface area contributed by atoms with Crippen molar-refractivity contribution >= 4 is 15.9 Å². The van der Waals surface area contributed by atoms with E-state index in [1.165, 1.54) is 25.3 Å². The Morgan fingerprint density at radius 3 is 2.67 bits per heavy atom. The van der Waals surface area contributed by atoms with Crippen LogP contribution in [0, 0.1) is 6.92 Å². The standard InChI is InChI=1S/C12H16N2O3S/c1-4-7-14-18(16,17)10-6-5-9(2)11(8-10)12(15)13-3/h4-6,8,14H,1,7H2,2-3H3,(H,13,15). The van der Waals surface area contributed by atoms with Gasteiger partial charge in [-0.1, -0.05) is 12.1 Å². The third-order valence-electron chi connectivity index (χ3n) is 2.41. The summed E-state index contributed by atoms with van der Waals surface area (Å²) < 4.78 is 26.1. The molecule has 2 N–H and O–H groups in total. The summed E-state index contributed by atoms with van der Waals surface area (Å²) in [4.78, 5) is 11.6. The molecule has 1 amide bonds. The van der Waals surface area contributed by atoms with Crippen molar-refractivity contribution in [2.75, 3.05) is 13.6 Å². The largest absolute Gasteiger partial charge is 0.355 e. The maximum absolute atomic E-state index is 11.9. The van der Waals surface area contributed by atoms with Gasteiger partial charge in [-0.3, -0.25) is 4.79 Å². The van der Waals surface area contributed by atoms with Crippen molar-refractivity contribution in [2.24, 2.45) is 0 Å². The highest BCUT2D eigenvalue weighted by molar-refractivity contribution is 7.89. The predicted molar refractivity (Wildman–Crippen MR) is 70.0 cm³/mol. The van der Waals surface area contributed by atoms with Gasteiger partial charge < -0.3 is 5.32 Å². The first-order chi connectivity index (χ1) is 8.42. The molecule has 0 unspecified atom stereocenters. The Morgan fingerprint density at radius 2 is 2.11 bits per heavy atom. The number of sulfonamides is 1. The average Bonchev–Trinajstić information content (AvgIpc) is 2.35. The minimum Gasteiger partial charge on any atom is -0.355 e. The topological polar surface area (TPSA) is 75.3 Å². The summed E-state index contributed by atoms with van der Waals surface area (Å²) in [5.41, 5.74) is 1.07. The van der Waals surface area contributed by atoms with Crippen LogP contribution in [0.3, 0.4) is 0 Å². The molecule has 0 radical (unpaired) electrons. The molecule has 0 heterocycles. The maximum Gasteiger partial charge on any atom is 0.251 e. The Bertz CT molecular complexity index is 565. The summed E-state index contributed by atoms with van der Waals surface area (Å²) in [5.74, 6) is -0.312. The van der Waals surface area contributed by atoms with Crippen LogP contribution < -0.4 is 10.0 Å². The van der Waals surface area contributed by atoms with Crippen LogP contribution in [0.25, 0.3) is 0 Å². The highest BCUT2D eigenvalue weighted by Crippen LogP contribution is 2.15. The van der Waals surface area contributed by atoms with Crippen LogP contribution >= 0.6 is 0 Å². The first-order valence-corrected chi connectivity index (χ1v) is 6.84. The smallest absolute Gasteiger partial charge is 0.251 e. The second-order valence-corrected chi connectivity index (χ2v) is 5.46. The van der Waals surface area contributed by atoms with Crippen molar-refractivity contribution in [3.8, 4) is 0 Å². The van der Waals surface area contributed by atoms with E-state index in [2.05, 4.69) is 16.6 Å². The monoisotopic (exact) mass is 268 g/mol. The molecule has 0 saturated heterocycles. The number of amides is 1. The quantitative estimate of drug-likeness (QED) is 0.776. The third kappa shape index (κ3) is 3.18. The third-order valence-corrected chi connectivity index (χ3v) is 3.83. The molecule has 0 spiro atoms. The molecule has 1 aromatic rings. The first-order valence-electron chi connectivity index (χ1n) is 5.35. The fraction of sp³-hybridized carbons (Fsp3) is 0.250. The second kappa shape index (κ2) is 5.79. The summed E-state index contributed by atoms with van der Waals surface area (Å²) in [5, 5.41) is 2.47. The summed E-state index contributed by atoms with van der Waals surface area (Å²) in [6.45, 7) is 5.33. The lowest BCUT2D eigenvalue weighted by Gasteiger charge is -2.09. The molecule has 1 aromatic carbocycles.